The van der Waals surface area contributed by atoms with Crippen LogP contribution < -0.4 is 10.6 Å². The van der Waals surface area contributed by atoms with Crippen LogP contribution in [0.3, 0.4) is 0 Å². The first-order chi connectivity index (χ1) is 15.8. The molecule has 2 heterocycles. The zero-order chi connectivity index (χ0) is 23.5. The number of thiazole rings is 1. The number of hydrogen-bond acceptors (Lipinski definition) is 6. The Labute approximate surface area is 194 Å². The Morgan fingerprint density at radius 3 is 2.27 bits per heavy atom. The molecule has 4 amide bonds. The molecule has 0 bridgehead atoms. The predicted molar refractivity (Wildman–Crippen MR) is 126 cm³/mol. The number of benzene rings is 2. The smallest absolute Gasteiger partial charge is 0.261 e. The molecule has 0 fully saturated rings. The third-order valence-corrected chi connectivity index (χ3v) is 5.91. The molecule has 8 nitrogen and oxygen atoms in total. The average Bonchev–Trinajstić information content (AvgIpc) is 3.39. The molecule has 0 aliphatic carbocycles. The van der Waals surface area contributed by atoms with Crippen molar-refractivity contribution in [3.8, 4) is 0 Å². The minimum Gasteiger partial charge on any atom is -0.322 e. The lowest BCUT2D eigenvalue weighted by atomic mass is 10.1. The summed E-state index contributed by atoms with van der Waals surface area (Å²) in [5.41, 5.74) is 1.74. The van der Waals surface area contributed by atoms with E-state index in [1.807, 2.05) is 13.8 Å². The number of nitrogens with one attached hydrogen (secondary N) is 2. The third-order valence-electron chi connectivity index (χ3n) is 5.22. The topological polar surface area (TPSA) is 108 Å². The number of carbonyl (C=O) groups excluding carboxylic acids is 4. The SMILES string of the molecule is CC(C)CCN1C(=O)c2ccc(C(=O)Nc3ccc(C(=O)Nc4nccs4)cc3)cc2C1=O. The number of carbonyl (C=O) groups is 4. The maximum atomic E-state index is 12.7. The molecule has 0 spiro atoms. The highest BCUT2D eigenvalue weighted by molar-refractivity contribution is 7.13. The molecule has 2 N–H and O–H groups in total. The summed E-state index contributed by atoms with van der Waals surface area (Å²) in [4.78, 5) is 55.5. The highest BCUT2D eigenvalue weighted by Gasteiger charge is 2.35. The molecule has 2 aromatic carbocycles. The Morgan fingerprint density at radius 2 is 1.61 bits per heavy atom. The lowest BCUT2D eigenvalue weighted by Crippen LogP contribution is -2.31. The summed E-state index contributed by atoms with van der Waals surface area (Å²) in [6.45, 7) is 4.41. The fourth-order valence-electron chi connectivity index (χ4n) is 3.38. The molecule has 0 saturated carbocycles. The molecule has 3 aromatic rings. The standard InChI is InChI=1S/C24H22N4O4S/c1-14(2)9-11-28-22(31)18-8-5-16(13-19(18)23(28)32)21(30)26-17-6-3-15(4-7-17)20(29)27-24-25-10-12-33-24/h3-8,10,12-14H,9,11H2,1-2H3,(H,26,30)(H,25,27,29). The van der Waals surface area contributed by atoms with Gasteiger partial charge in [0.1, 0.15) is 0 Å². The maximum absolute atomic E-state index is 12.7. The monoisotopic (exact) mass is 462 g/mol. The predicted octanol–water partition coefficient (Wildman–Crippen LogP) is 4.29. The molecule has 33 heavy (non-hydrogen) atoms. The second-order valence-corrected chi connectivity index (χ2v) is 8.92. The van der Waals surface area contributed by atoms with E-state index in [1.54, 1.807) is 35.8 Å². The lowest BCUT2D eigenvalue weighted by molar-refractivity contribution is 0.0647. The van der Waals surface area contributed by atoms with Crippen LogP contribution in [0.25, 0.3) is 0 Å². The summed E-state index contributed by atoms with van der Waals surface area (Å²) in [7, 11) is 0. The molecular formula is C24H22N4O4S. The summed E-state index contributed by atoms with van der Waals surface area (Å²) in [6.07, 6.45) is 2.32. The number of amides is 4. The van der Waals surface area contributed by atoms with E-state index in [1.165, 1.54) is 34.4 Å². The van der Waals surface area contributed by atoms with E-state index in [2.05, 4.69) is 15.6 Å². The van der Waals surface area contributed by atoms with Gasteiger partial charge in [0.15, 0.2) is 5.13 Å². The number of imide groups is 1. The molecule has 0 atom stereocenters. The van der Waals surface area contributed by atoms with Crippen molar-refractivity contribution in [3.63, 3.8) is 0 Å². The van der Waals surface area contributed by atoms with Crippen LogP contribution in [-0.4, -0.2) is 40.1 Å². The number of nitrogens with zero attached hydrogens (tertiary/aromatic N) is 2. The molecule has 4 rings (SSSR count). The zero-order valence-corrected chi connectivity index (χ0v) is 18.9. The van der Waals surface area contributed by atoms with Gasteiger partial charge in [-0.15, -0.1) is 11.3 Å². The van der Waals surface area contributed by atoms with Gasteiger partial charge in [-0.3, -0.25) is 29.4 Å². The van der Waals surface area contributed by atoms with E-state index >= 15 is 0 Å². The first-order valence-electron chi connectivity index (χ1n) is 10.5. The zero-order valence-electron chi connectivity index (χ0n) is 18.1. The van der Waals surface area contributed by atoms with Crippen molar-refractivity contribution in [2.75, 3.05) is 17.2 Å². The van der Waals surface area contributed by atoms with Gasteiger partial charge in [-0.2, -0.15) is 0 Å². The van der Waals surface area contributed by atoms with Gasteiger partial charge in [-0.25, -0.2) is 4.98 Å². The average molecular weight is 463 g/mol. The van der Waals surface area contributed by atoms with E-state index in [0.717, 1.165) is 6.42 Å². The fraction of sp³-hybridized carbons (Fsp3) is 0.208. The third kappa shape index (κ3) is 4.83. The molecule has 1 aliphatic heterocycles. The van der Waals surface area contributed by atoms with Crippen molar-refractivity contribution in [3.05, 3.63) is 76.3 Å². The van der Waals surface area contributed by atoms with Crippen LogP contribution in [0.4, 0.5) is 10.8 Å². The molecule has 168 valence electrons. The molecule has 0 radical (unpaired) electrons. The number of fused-ring (bicyclic) bond motifs is 1. The van der Waals surface area contributed by atoms with Crippen LogP contribution in [0.5, 0.6) is 0 Å². The molecule has 1 aliphatic rings. The van der Waals surface area contributed by atoms with Crippen molar-refractivity contribution >= 4 is 45.8 Å². The van der Waals surface area contributed by atoms with Crippen LogP contribution in [-0.2, 0) is 0 Å². The number of hydrogen-bond donors (Lipinski definition) is 2. The van der Waals surface area contributed by atoms with Crippen LogP contribution in [0.1, 0.15) is 61.7 Å². The van der Waals surface area contributed by atoms with E-state index in [9.17, 15) is 19.2 Å². The van der Waals surface area contributed by atoms with Crippen molar-refractivity contribution in [2.24, 2.45) is 5.92 Å². The fourth-order valence-corrected chi connectivity index (χ4v) is 3.91. The first kappa shape index (κ1) is 22.3. The maximum Gasteiger partial charge on any atom is 0.261 e. The molecular weight excluding hydrogens is 440 g/mol. The van der Waals surface area contributed by atoms with Crippen molar-refractivity contribution in [2.45, 2.75) is 20.3 Å². The first-order valence-corrected chi connectivity index (χ1v) is 11.3. The van der Waals surface area contributed by atoms with Gasteiger partial charge in [0, 0.05) is 34.9 Å². The number of anilines is 2. The van der Waals surface area contributed by atoms with Crippen molar-refractivity contribution in [1.29, 1.82) is 0 Å². The Hall–Kier alpha value is -3.85. The lowest BCUT2D eigenvalue weighted by Gasteiger charge is -2.14. The Morgan fingerprint density at radius 1 is 0.939 bits per heavy atom. The summed E-state index contributed by atoms with van der Waals surface area (Å²) >= 11 is 1.32. The van der Waals surface area contributed by atoms with Gasteiger partial charge in [0.2, 0.25) is 0 Å². The van der Waals surface area contributed by atoms with Crippen molar-refractivity contribution in [1.82, 2.24) is 9.88 Å². The molecule has 0 saturated heterocycles. The number of aromatic nitrogens is 1. The van der Waals surface area contributed by atoms with Gasteiger partial charge < -0.3 is 5.32 Å². The van der Waals surface area contributed by atoms with Gasteiger partial charge in [0.05, 0.1) is 11.1 Å². The van der Waals surface area contributed by atoms with E-state index < -0.39 is 5.91 Å². The van der Waals surface area contributed by atoms with E-state index in [-0.39, 0.29) is 28.8 Å². The van der Waals surface area contributed by atoms with E-state index in [0.29, 0.717) is 34.4 Å². The minimum atomic E-state index is -0.418. The Kier molecular flexibility index (Phi) is 6.32. The van der Waals surface area contributed by atoms with Gasteiger partial charge >= 0.3 is 0 Å². The Bertz CT molecular complexity index is 1220. The minimum absolute atomic E-state index is 0.241. The summed E-state index contributed by atoms with van der Waals surface area (Å²) in [5.74, 6) is -1.05. The summed E-state index contributed by atoms with van der Waals surface area (Å²) in [5, 5.41) is 7.71. The van der Waals surface area contributed by atoms with Gasteiger partial charge in [0.25, 0.3) is 23.6 Å². The molecule has 1 aromatic heterocycles. The van der Waals surface area contributed by atoms with E-state index in [4.69, 9.17) is 0 Å². The summed E-state index contributed by atoms with van der Waals surface area (Å²) in [6, 6.07) is 10.9. The Balaban J connectivity index is 1.43. The quantitative estimate of drug-likeness (QED) is 0.509. The van der Waals surface area contributed by atoms with Gasteiger partial charge in [-0.1, -0.05) is 13.8 Å². The summed E-state index contributed by atoms with van der Waals surface area (Å²) < 4.78 is 0. The number of rotatable bonds is 7. The van der Waals surface area contributed by atoms with Crippen LogP contribution in [0.15, 0.2) is 54.0 Å². The van der Waals surface area contributed by atoms with Crippen molar-refractivity contribution < 1.29 is 19.2 Å². The largest absolute Gasteiger partial charge is 0.322 e. The molecule has 0 unspecified atom stereocenters. The van der Waals surface area contributed by atoms with Crippen LogP contribution in [0.2, 0.25) is 0 Å². The van der Waals surface area contributed by atoms with Gasteiger partial charge in [-0.05, 0) is 54.8 Å². The highest BCUT2D eigenvalue weighted by atomic mass is 32.1. The highest BCUT2D eigenvalue weighted by Crippen LogP contribution is 2.25. The molecule has 9 heteroatoms. The normalized spacial score (nSPS) is 12.8. The second kappa shape index (κ2) is 9.33. The van der Waals surface area contributed by atoms with Crippen LogP contribution in [0, 0.1) is 5.92 Å². The van der Waals surface area contributed by atoms with Crippen LogP contribution >= 0.6 is 11.3 Å². The second-order valence-electron chi connectivity index (χ2n) is 8.03.